The first-order valence-electron chi connectivity index (χ1n) is 6.76. The van der Waals surface area contributed by atoms with Crippen LogP contribution in [0.1, 0.15) is 45.6 Å². The molecule has 0 amide bonds. The normalized spacial score (nSPS) is 13.3. The van der Waals surface area contributed by atoms with E-state index in [1.807, 2.05) is 0 Å². The minimum Gasteiger partial charge on any atom is -0.271 e. The molecule has 100 valence electrons. The molecule has 3 N–H and O–H groups in total. The van der Waals surface area contributed by atoms with Crippen molar-refractivity contribution in [3.63, 3.8) is 0 Å². The van der Waals surface area contributed by atoms with Crippen LogP contribution in [0.25, 0.3) is 0 Å². The first kappa shape index (κ1) is 14.9. The summed E-state index contributed by atoms with van der Waals surface area (Å²) in [6.45, 7) is 10.6. The highest BCUT2D eigenvalue weighted by molar-refractivity contribution is 5.28. The van der Waals surface area contributed by atoms with Gasteiger partial charge in [-0.05, 0) is 31.7 Å². The predicted octanol–water partition coefficient (Wildman–Crippen LogP) is 3.54. The summed E-state index contributed by atoms with van der Waals surface area (Å²) in [5.41, 5.74) is 5.62. The van der Waals surface area contributed by atoms with E-state index in [9.17, 15) is 0 Å². The summed E-state index contributed by atoms with van der Waals surface area (Å²) >= 11 is 0. The first-order valence-corrected chi connectivity index (χ1v) is 6.76. The summed E-state index contributed by atoms with van der Waals surface area (Å²) in [6.07, 6.45) is 3.04. The van der Waals surface area contributed by atoms with Crippen molar-refractivity contribution < 1.29 is 0 Å². The van der Waals surface area contributed by atoms with Crippen LogP contribution >= 0.6 is 0 Å². The molecule has 18 heavy (non-hydrogen) atoms. The monoisotopic (exact) mass is 246 g/mol. The van der Waals surface area contributed by atoms with Gasteiger partial charge in [-0.2, -0.15) is 0 Å². The lowest BCUT2D eigenvalue weighted by Crippen LogP contribution is -2.51. The SMILES string of the molecule is C=C(C)CC(NN)C(CC)(CC)c1ccccc1. The molecule has 1 unspecified atom stereocenters. The van der Waals surface area contributed by atoms with Crippen molar-refractivity contribution in [2.45, 2.75) is 51.5 Å². The van der Waals surface area contributed by atoms with Crippen molar-refractivity contribution in [2.24, 2.45) is 5.84 Å². The smallest absolute Gasteiger partial charge is 0.0344 e. The Balaban J connectivity index is 3.16. The second kappa shape index (κ2) is 6.72. The Kier molecular flexibility index (Phi) is 5.57. The first-order chi connectivity index (χ1) is 8.60. The number of hydrogen-bond acceptors (Lipinski definition) is 2. The van der Waals surface area contributed by atoms with E-state index in [4.69, 9.17) is 5.84 Å². The van der Waals surface area contributed by atoms with Gasteiger partial charge in [-0.15, -0.1) is 6.58 Å². The summed E-state index contributed by atoms with van der Waals surface area (Å²) in [6, 6.07) is 10.9. The zero-order valence-electron chi connectivity index (χ0n) is 11.9. The van der Waals surface area contributed by atoms with E-state index in [2.05, 4.69) is 63.1 Å². The number of hydrazine groups is 1. The van der Waals surface area contributed by atoms with Gasteiger partial charge in [0.1, 0.15) is 0 Å². The van der Waals surface area contributed by atoms with Gasteiger partial charge >= 0.3 is 0 Å². The van der Waals surface area contributed by atoms with E-state index >= 15 is 0 Å². The van der Waals surface area contributed by atoms with Crippen molar-refractivity contribution >= 4 is 0 Å². The molecule has 0 heterocycles. The topological polar surface area (TPSA) is 38.0 Å². The fraction of sp³-hybridized carbons (Fsp3) is 0.500. The van der Waals surface area contributed by atoms with Crippen LogP contribution in [0.15, 0.2) is 42.5 Å². The molecule has 0 aliphatic carbocycles. The molecule has 0 saturated carbocycles. The van der Waals surface area contributed by atoms with Gasteiger partial charge in [0, 0.05) is 11.5 Å². The molecule has 2 nitrogen and oxygen atoms in total. The molecular weight excluding hydrogens is 220 g/mol. The lowest BCUT2D eigenvalue weighted by atomic mass is 9.69. The maximum absolute atomic E-state index is 5.80. The van der Waals surface area contributed by atoms with Gasteiger partial charge in [-0.1, -0.05) is 49.8 Å². The van der Waals surface area contributed by atoms with Gasteiger partial charge in [-0.3, -0.25) is 11.3 Å². The average Bonchev–Trinajstić information content (AvgIpc) is 2.40. The Morgan fingerprint density at radius 1 is 1.28 bits per heavy atom. The van der Waals surface area contributed by atoms with Crippen molar-refractivity contribution in [2.75, 3.05) is 0 Å². The third-order valence-corrected chi connectivity index (χ3v) is 4.03. The third kappa shape index (κ3) is 3.01. The van der Waals surface area contributed by atoms with E-state index < -0.39 is 0 Å². The Hall–Kier alpha value is -1.12. The van der Waals surface area contributed by atoms with Gasteiger partial charge in [0.25, 0.3) is 0 Å². The number of rotatable bonds is 7. The lowest BCUT2D eigenvalue weighted by molar-refractivity contribution is 0.270. The van der Waals surface area contributed by atoms with Crippen molar-refractivity contribution in [1.29, 1.82) is 0 Å². The van der Waals surface area contributed by atoms with Crippen LogP contribution < -0.4 is 11.3 Å². The van der Waals surface area contributed by atoms with Crippen LogP contribution in [-0.2, 0) is 5.41 Å². The molecule has 1 aromatic rings. The molecule has 0 aliphatic rings. The summed E-state index contributed by atoms with van der Waals surface area (Å²) in [4.78, 5) is 0. The molecule has 0 spiro atoms. The van der Waals surface area contributed by atoms with Crippen molar-refractivity contribution in [3.8, 4) is 0 Å². The number of hydrogen-bond donors (Lipinski definition) is 2. The zero-order valence-corrected chi connectivity index (χ0v) is 11.9. The van der Waals surface area contributed by atoms with Gasteiger partial charge < -0.3 is 0 Å². The predicted molar refractivity (Wildman–Crippen MR) is 79.2 cm³/mol. The van der Waals surface area contributed by atoms with E-state index in [0.717, 1.165) is 19.3 Å². The summed E-state index contributed by atoms with van der Waals surface area (Å²) in [7, 11) is 0. The molecule has 0 saturated heterocycles. The highest BCUT2D eigenvalue weighted by Gasteiger charge is 2.36. The van der Waals surface area contributed by atoms with Crippen LogP contribution in [-0.4, -0.2) is 6.04 Å². The van der Waals surface area contributed by atoms with Crippen LogP contribution in [0, 0.1) is 0 Å². The average molecular weight is 246 g/mol. The Labute approximate surface area is 111 Å². The Bertz CT molecular complexity index is 366. The molecule has 1 rings (SSSR count). The van der Waals surface area contributed by atoms with Crippen molar-refractivity contribution in [1.82, 2.24) is 5.43 Å². The Morgan fingerprint density at radius 3 is 2.22 bits per heavy atom. The highest BCUT2D eigenvalue weighted by Crippen LogP contribution is 2.37. The van der Waals surface area contributed by atoms with Crippen LogP contribution in [0.2, 0.25) is 0 Å². The van der Waals surface area contributed by atoms with Gasteiger partial charge in [0.2, 0.25) is 0 Å². The molecule has 0 aromatic heterocycles. The minimum absolute atomic E-state index is 0.0783. The van der Waals surface area contributed by atoms with Crippen LogP contribution in [0.3, 0.4) is 0 Å². The Morgan fingerprint density at radius 2 is 1.83 bits per heavy atom. The standard InChI is InChI=1S/C16H26N2/c1-5-16(6-2,14-10-8-7-9-11-14)15(18-17)12-13(3)4/h7-11,15,18H,3,5-6,12,17H2,1-2,4H3. The van der Waals surface area contributed by atoms with E-state index in [1.165, 1.54) is 11.1 Å². The third-order valence-electron chi connectivity index (χ3n) is 4.03. The maximum atomic E-state index is 5.80. The summed E-state index contributed by atoms with van der Waals surface area (Å²) in [5.74, 6) is 5.80. The van der Waals surface area contributed by atoms with E-state index in [-0.39, 0.29) is 11.5 Å². The molecule has 0 fully saturated rings. The maximum Gasteiger partial charge on any atom is 0.0344 e. The van der Waals surface area contributed by atoms with E-state index in [1.54, 1.807) is 0 Å². The van der Waals surface area contributed by atoms with Gasteiger partial charge in [0.15, 0.2) is 0 Å². The van der Waals surface area contributed by atoms with Crippen LogP contribution in [0.4, 0.5) is 0 Å². The second-order valence-electron chi connectivity index (χ2n) is 5.11. The molecule has 1 atom stereocenters. The second-order valence-corrected chi connectivity index (χ2v) is 5.11. The number of benzene rings is 1. The molecule has 2 heteroatoms. The summed E-state index contributed by atoms with van der Waals surface area (Å²) in [5, 5.41) is 0. The largest absolute Gasteiger partial charge is 0.271 e. The molecular formula is C16H26N2. The zero-order chi connectivity index (χ0) is 13.6. The molecule has 0 bridgehead atoms. The van der Waals surface area contributed by atoms with Crippen molar-refractivity contribution in [3.05, 3.63) is 48.0 Å². The minimum atomic E-state index is 0.0783. The quantitative estimate of drug-likeness (QED) is 0.439. The summed E-state index contributed by atoms with van der Waals surface area (Å²) < 4.78 is 0. The van der Waals surface area contributed by atoms with Crippen LogP contribution in [0.5, 0.6) is 0 Å². The number of nitrogens with one attached hydrogen (secondary N) is 1. The van der Waals surface area contributed by atoms with Gasteiger partial charge in [-0.25, -0.2) is 0 Å². The van der Waals surface area contributed by atoms with E-state index in [0.29, 0.717) is 0 Å². The fourth-order valence-electron chi connectivity index (χ4n) is 2.88. The molecule has 1 aromatic carbocycles. The molecule has 0 radical (unpaired) electrons. The molecule has 0 aliphatic heterocycles. The fourth-order valence-corrected chi connectivity index (χ4v) is 2.88. The lowest BCUT2D eigenvalue weighted by Gasteiger charge is -2.40. The number of nitrogens with two attached hydrogens (primary N) is 1. The van der Waals surface area contributed by atoms with Gasteiger partial charge in [0.05, 0.1) is 0 Å². The highest BCUT2D eigenvalue weighted by atomic mass is 15.2.